The lowest BCUT2D eigenvalue weighted by atomic mass is 10.2. The zero-order chi connectivity index (χ0) is 8.36. The molecule has 0 bridgehead atoms. The minimum absolute atomic E-state index is 0.360. The summed E-state index contributed by atoms with van der Waals surface area (Å²) in [6.45, 7) is 5.28. The van der Waals surface area contributed by atoms with Crippen LogP contribution in [0.3, 0.4) is 0 Å². The highest BCUT2D eigenvalue weighted by Gasteiger charge is 2.26. The first-order valence-electron chi connectivity index (χ1n) is 2.76. The SMILES string of the molecule is CC(=S)SC(C)(C)C(=O)Cl. The molecule has 0 amide bonds. The van der Waals surface area contributed by atoms with Crippen molar-refractivity contribution in [3.63, 3.8) is 0 Å². The fourth-order valence-corrected chi connectivity index (χ4v) is 1.94. The molecule has 0 rings (SSSR count). The molecule has 0 aliphatic carbocycles. The van der Waals surface area contributed by atoms with E-state index < -0.39 is 4.75 Å². The van der Waals surface area contributed by atoms with E-state index in [1.807, 2.05) is 0 Å². The van der Waals surface area contributed by atoms with Gasteiger partial charge in [-0.05, 0) is 32.4 Å². The van der Waals surface area contributed by atoms with Gasteiger partial charge in [-0.15, -0.1) is 11.8 Å². The van der Waals surface area contributed by atoms with Gasteiger partial charge in [-0.25, -0.2) is 0 Å². The van der Waals surface area contributed by atoms with Gasteiger partial charge < -0.3 is 0 Å². The summed E-state index contributed by atoms with van der Waals surface area (Å²) in [5.74, 6) is 0. The van der Waals surface area contributed by atoms with Crippen molar-refractivity contribution in [3.05, 3.63) is 0 Å². The summed E-state index contributed by atoms with van der Waals surface area (Å²) in [7, 11) is 0. The molecule has 58 valence electrons. The van der Waals surface area contributed by atoms with Crippen LogP contribution in [0.15, 0.2) is 0 Å². The van der Waals surface area contributed by atoms with Gasteiger partial charge in [0.2, 0.25) is 5.24 Å². The van der Waals surface area contributed by atoms with Crippen LogP contribution in [0.4, 0.5) is 0 Å². The van der Waals surface area contributed by atoms with Gasteiger partial charge in [0, 0.05) is 4.20 Å². The Morgan fingerprint density at radius 3 is 2.10 bits per heavy atom. The van der Waals surface area contributed by atoms with Crippen molar-refractivity contribution in [3.8, 4) is 0 Å². The number of carbonyl (C=O) groups is 1. The van der Waals surface area contributed by atoms with Gasteiger partial charge in [-0.2, -0.15) is 0 Å². The maximum absolute atomic E-state index is 10.7. The molecular weight excluding hydrogens is 188 g/mol. The number of halogens is 1. The van der Waals surface area contributed by atoms with Crippen molar-refractivity contribution in [1.29, 1.82) is 0 Å². The maximum atomic E-state index is 10.7. The summed E-state index contributed by atoms with van der Waals surface area (Å²) in [6, 6.07) is 0. The summed E-state index contributed by atoms with van der Waals surface area (Å²) in [5.41, 5.74) is 0. The van der Waals surface area contributed by atoms with E-state index in [2.05, 4.69) is 0 Å². The largest absolute Gasteiger partial charge is 0.280 e. The molecule has 0 atom stereocenters. The van der Waals surface area contributed by atoms with Crippen molar-refractivity contribution >= 4 is 45.0 Å². The third kappa shape index (κ3) is 3.54. The number of thioether (sulfide) groups is 1. The number of hydrogen-bond acceptors (Lipinski definition) is 3. The van der Waals surface area contributed by atoms with Crippen LogP contribution < -0.4 is 0 Å². The molecule has 0 aromatic rings. The van der Waals surface area contributed by atoms with E-state index in [9.17, 15) is 4.79 Å². The molecule has 0 aromatic heterocycles. The van der Waals surface area contributed by atoms with Crippen LogP contribution in [0.25, 0.3) is 0 Å². The molecule has 4 heteroatoms. The van der Waals surface area contributed by atoms with Crippen LogP contribution >= 0.6 is 35.6 Å². The molecule has 10 heavy (non-hydrogen) atoms. The zero-order valence-corrected chi connectivity index (χ0v) is 8.49. The zero-order valence-electron chi connectivity index (χ0n) is 6.10. The highest BCUT2D eigenvalue weighted by Crippen LogP contribution is 2.27. The molecule has 0 aliphatic heterocycles. The molecule has 0 aromatic carbocycles. The van der Waals surface area contributed by atoms with E-state index in [-0.39, 0.29) is 5.24 Å². The topological polar surface area (TPSA) is 17.1 Å². The minimum Gasteiger partial charge on any atom is -0.280 e. The number of hydrogen-bond donors (Lipinski definition) is 0. The lowest BCUT2D eigenvalue weighted by Gasteiger charge is -2.17. The Labute approximate surface area is 75.5 Å². The molecule has 0 saturated carbocycles. The van der Waals surface area contributed by atoms with Crippen LogP contribution in [0.2, 0.25) is 0 Å². The Balaban J connectivity index is 4.13. The second-order valence-corrected chi connectivity index (χ2v) is 5.43. The molecule has 0 fully saturated rings. The summed E-state index contributed by atoms with van der Waals surface area (Å²) in [5, 5.41) is -0.360. The van der Waals surface area contributed by atoms with E-state index in [1.54, 1.807) is 20.8 Å². The number of carbonyl (C=O) groups excluding carboxylic acids is 1. The predicted octanol–water partition coefficient (Wildman–Crippen LogP) is 2.61. The molecule has 0 heterocycles. The van der Waals surface area contributed by atoms with E-state index in [0.717, 1.165) is 4.20 Å². The third-order valence-corrected chi connectivity index (χ3v) is 2.69. The first-order valence-corrected chi connectivity index (χ1v) is 4.36. The molecule has 1 nitrogen and oxygen atoms in total. The first kappa shape index (κ1) is 10.4. The average molecular weight is 197 g/mol. The van der Waals surface area contributed by atoms with Gasteiger partial charge in [-0.1, -0.05) is 12.2 Å². The van der Waals surface area contributed by atoms with Crippen molar-refractivity contribution < 1.29 is 4.79 Å². The Bertz CT molecular complexity index is 165. The van der Waals surface area contributed by atoms with E-state index in [1.165, 1.54) is 11.8 Å². The van der Waals surface area contributed by atoms with Gasteiger partial charge in [0.1, 0.15) is 0 Å². The fraction of sp³-hybridized carbons (Fsp3) is 0.667. The third-order valence-electron chi connectivity index (χ3n) is 0.872. The summed E-state index contributed by atoms with van der Waals surface area (Å²) >= 11 is 11.4. The van der Waals surface area contributed by atoms with Crippen molar-refractivity contribution in [2.24, 2.45) is 0 Å². The van der Waals surface area contributed by atoms with Crippen LogP contribution in [-0.2, 0) is 4.79 Å². The summed E-state index contributed by atoms with van der Waals surface area (Å²) in [4.78, 5) is 10.7. The van der Waals surface area contributed by atoms with Gasteiger partial charge in [0.15, 0.2) is 0 Å². The molecule has 0 unspecified atom stereocenters. The average Bonchev–Trinajstić information content (AvgIpc) is 1.60. The van der Waals surface area contributed by atoms with Crippen LogP contribution in [-0.4, -0.2) is 14.2 Å². The molecule has 0 aliphatic rings. The smallest absolute Gasteiger partial charge is 0.237 e. The van der Waals surface area contributed by atoms with Crippen LogP contribution in [0.1, 0.15) is 20.8 Å². The molecular formula is C6H9ClOS2. The van der Waals surface area contributed by atoms with E-state index in [0.29, 0.717) is 0 Å². The number of rotatable bonds is 2. The lowest BCUT2D eigenvalue weighted by molar-refractivity contribution is -0.113. The first-order chi connectivity index (χ1) is 4.36. The van der Waals surface area contributed by atoms with Crippen LogP contribution in [0, 0.1) is 0 Å². The monoisotopic (exact) mass is 196 g/mol. The maximum Gasteiger partial charge on any atom is 0.237 e. The summed E-state index contributed by atoms with van der Waals surface area (Å²) in [6.07, 6.45) is 0. The van der Waals surface area contributed by atoms with Crippen LogP contribution in [0.5, 0.6) is 0 Å². The highest BCUT2D eigenvalue weighted by molar-refractivity contribution is 8.24. The quantitative estimate of drug-likeness (QED) is 0.499. The molecule has 0 saturated heterocycles. The van der Waals surface area contributed by atoms with E-state index in [4.69, 9.17) is 23.8 Å². The van der Waals surface area contributed by atoms with Gasteiger partial charge in [-0.3, -0.25) is 4.79 Å². The van der Waals surface area contributed by atoms with Gasteiger partial charge in [0.25, 0.3) is 0 Å². The standard InChI is InChI=1S/C6H9ClOS2/c1-4(9)10-6(2,3)5(7)8/h1-3H3. The summed E-state index contributed by atoms with van der Waals surface area (Å²) < 4.78 is 0.159. The highest BCUT2D eigenvalue weighted by atomic mass is 35.5. The predicted molar refractivity (Wildman–Crippen MR) is 50.8 cm³/mol. The van der Waals surface area contributed by atoms with Gasteiger partial charge in [0.05, 0.1) is 4.75 Å². The van der Waals surface area contributed by atoms with E-state index >= 15 is 0 Å². The second-order valence-electron chi connectivity index (χ2n) is 2.38. The normalized spacial score (nSPS) is 11.2. The number of thiocarbonyl (C=S) groups is 1. The van der Waals surface area contributed by atoms with Gasteiger partial charge >= 0.3 is 0 Å². The second kappa shape index (κ2) is 3.69. The Morgan fingerprint density at radius 2 is 2.00 bits per heavy atom. The Hall–Kier alpha value is 0.400. The molecule has 0 radical (unpaired) electrons. The van der Waals surface area contributed by atoms with Crippen molar-refractivity contribution in [2.45, 2.75) is 25.5 Å². The molecule has 0 N–H and O–H groups in total. The Kier molecular flexibility index (Phi) is 3.84. The van der Waals surface area contributed by atoms with Crippen molar-refractivity contribution in [2.75, 3.05) is 0 Å². The fourth-order valence-electron chi connectivity index (χ4n) is 0.399. The molecule has 0 spiro atoms. The minimum atomic E-state index is -0.576. The Morgan fingerprint density at radius 1 is 1.60 bits per heavy atom. The van der Waals surface area contributed by atoms with Crippen molar-refractivity contribution in [1.82, 2.24) is 0 Å². The lowest BCUT2D eigenvalue weighted by Crippen LogP contribution is -2.24.